The lowest BCUT2D eigenvalue weighted by atomic mass is 10.00. The number of hydrogen-bond donors (Lipinski definition) is 2. The van der Waals surface area contributed by atoms with E-state index in [0.717, 1.165) is 24.0 Å². The number of benzene rings is 2. The largest absolute Gasteiger partial charge is 0.445 e. The molecule has 23 heavy (non-hydrogen) atoms. The highest BCUT2D eigenvalue weighted by Crippen LogP contribution is 2.42. The molecule has 1 unspecified atom stereocenters. The van der Waals surface area contributed by atoms with Crippen molar-refractivity contribution < 1.29 is 14.6 Å². The highest BCUT2D eigenvalue weighted by molar-refractivity contribution is 5.68. The second kappa shape index (κ2) is 6.84. The fraction of sp³-hybridized carbons (Fsp3) is 0.316. The minimum atomic E-state index is -0.646. The Morgan fingerprint density at radius 3 is 2.30 bits per heavy atom. The summed E-state index contributed by atoms with van der Waals surface area (Å²) < 4.78 is 5.28. The fourth-order valence-corrected chi connectivity index (χ4v) is 2.57. The maximum Gasteiger partial charge on any atom is 0.407 e. The molecule has 1 amide bonds. The summed E-state index contributed by atoms with van der Waals surface area (Å²) in [5, 5.41) is 13.1. The lowest BCUT2D eigenvalue weighted by Crippen LogP contribution is -2.32. The average molecular weight is 311 g/mol. The molecule has 1 aliphatic rings. The molecule has 0 heterocycles. The molecule has 3 rings (SSSR count). The molecule has 1 fully saturated rings. The number of rotatable bonds is 6. The van der Waals surface area contributed by atoms with Gasteiger partial charge in [-0.05, 0) is 24.0 Å². The third-order valence-corrected chi connectivity index (χ3v) is 4.12. The molecule has 0 bridgehead atoms. The molecule has 2 aromatic carbocycles. The molecule has 0 saturated heterocycles. The Labute approximate surface area is 136 Å². The predicted octanol–water partition coefficient (Wildman–Crippen LogP) is 3.57. The van der Waals surface area contributed by atoms with Crippen LogP contribution >= 0.6 is 0 Å². The van der Waals surface area contributed by atoms with Gasteiger partial charge in [-0.3, -0.25) is 0 Å². The number of amides is 1. The van der Waals surface area contributed by atoms with Crippen molar-refractivity contribution in [3.63, 3.8) is 0 Å². The first-order chi connectivity index (χ1) is 11.1. The Bertz CT molecular complexity index is 638. The first-order valence-electron chi connectivity index (χ1n) is 7.89. The molecule has 2 aromatic rings. The van der Waals surface area contributed by atoms with Gasteiger partial charge in [0.2, 0.25) is 0 Å². The zero-order valence-electron chi connectivity index (χ0n) is 12.9. The average Bonchev–Trinajstić information content (AvgIpc) is 3.31. The van der Waals surface area contributed by atoms with Gasteiger partial charge in [0.05, 0.1) is 11.6 Å². The van der Waals surface area contributed by atoms with Crippen LogP contribution in [0.5, 0.6) is 0 Å². The summed E-state index contributed by atoms with van der Waals surface area (Å²) >= 11 is 0. The van der Waals surface area contributed by atoms with E-state index in [1.807, 2.05) is 60.7 Å². The summed E-state index contributed by atoms with van der Waals surface area (Å²) in [6.07, 6.45) is 1.62. The molecule has 1 aliphatic carbocycles. The van der Waals surface area contributed by atoms with Gasteiger partial charge < -0.3 is 15.2 Å². The maximum absolute atomic E-state index is 12.1. The van der Waals surface area contributed by atoms with E-state index in [0.29, 0.717) is 6.42 Å². The molecular formula is C19H21NO3. The number of hydrogen-bond acceptors (Lipinski definition) is 3. The summed E-state index contributed by atoms with van der Waals surface area (Å²) in [4.78, 5) is 12.1. The van der Waals surface area contributed by atoms with E-state index in [9.17, 15) is 9.90 Å². The SMILES string of the molecule is O=C(NC(CC1(O)CC1)c1ccccc1)OCc1ccccc1. The van der Waals surface area contributed by atoms with Crippen molar-refractivity contribution in [3.8, 4) is 0 Å². The van der Waals surface area contributed by atoms with Gasteiger partial charge in [0.1, 0.15) is 6.61 Å². The van der Waals surface area contributed by atoms with E-state index in [-0.39, 0.29) is 12.6 Å². The smallest absolute Gasteiger partial charge is 0.407 e. The van der Waals surface area contributed by atoms with Crippen LogP contribution in [0.2, 0.25) is 0 Å². The Kier molecular flexibility index (Phi) is 4.63. The Morgan fingerprint density at radius 2 is 1.70 bits per heavy atom. The fourth-order valence-electron chi connectivity index (χ4n) is 2.57. The van der Waals surface area contributed by atoms with Gasteiger partial charge in [-0.1, -0.05) is 60.7 Å². The molecule has 4 heteroatoms. The summed E-state index contributed by atoms with van der Waals surface area (Å²) in [5.74, 6) is 0. The third-order valence-electron chi connectivity index (χ3n) is 4.12. The van der Waals surface area contributed by atoms with Crippen molar-refractivity contribution in [2.24, 2.45) is 0 Å². The number of nitrogens with one attached hydrogen (secondary N) is 1. The molecule has 1 atom stereocenters. The van der Waals surface area contributed by atoms with Crippen molar-refractivity contribution >= 4 is 6.09 Å². The molecule has 0 spiro atoms. The van der Waals surface area contributed by atoms with Crippen molar-refractivity contribution in [1.29, 1.82) is 0 Å². The lowest BCUT2D eigenvalue weighted by molar-refractivity contribution is 0.111. The second-order valence-corrected chi connectivity index (χ2v) is 6.10. The van der Waals surface area contributed by atoms with Gasteiger partial charge in [-0.15, -0.1) is 0 Å². The second-order valence-electron chi connectivity index (χ2n) is 6.10. The van der Waals surface area contributed by atoms with E-state index < -0.39 is 11.7 Å². The molecule has 2 N–H and O–H groups in total. The summed E-state index contributed by atoms with van der Waals surface area (Å²) in [5.41, 5.74) is 1.27. The van der Waals surface area contributed by atoms with Crippen LogP contribution < -0.4 is 5.32 Å². The Balaban J connectivity index is 1.60. The quantitative estimate of drug-likeness (QED) is 0.857. The lowest BCUT2D eigenvalue weighted by Gasteiger charge is -2.21. The Morgan fingerprint density at radius 1 is 1.09 bits per heavy atom. The first kappa shape index (κ1) is 15.6. The first-order valence-corrected chi connectivity index (χ1v) is 7.89. The normalized spacial score (nSPS) is 16.4. The van der Waals surface area contributed by atoms with Crippen LogP contribution in [0.25, 0.3) is 0 Å². The number of alkyl carbamates (subject to hydrolysis) is 1. The summed E-state index contributed by atoms with van der Waals surface area (Å²) in [7, 11) is 0. The molecular weight excluding hydrogens is 290 g/mol. The zero-order valence-corrected chi connectivity index (χ0v) is 12.9. The monoisotopic (exact) mass is 311 g/mol. The van der Waals surface area contributed by atoms with Gasteiger partial charge in [-0.2, -0.15) is 0 Å². The standard InChI is InChI=1S/C19H21NO3/c21-18(23-14-15-7-3-1-4-8-15)20-17(13-19(22)11-12-19)16-9-5-2-6-10-16/h1-10,17,22H,11-14H2,(H,20,21). The Hall–Kier alpha value is -2.33. The van der Waals surface area contributed by atoms with Gasteiger partial charge in [0.25, 0.3) is 0 Å². The van der Waals surface area contributed by atoms with Crippen molar-refractivity contribution in [3.05, 3.63) is 71.8 Å². The minimum absolute atomic E-state index is 0.235. The van der Waals surface area contributed by atoms with Gasteiger partial charge in [0.15, 0.2) is 0 Å². The topological polar surface area (TPSA) is 58.6 Å². The van der Waals surface area contributed by atoms with Crippen LogP contribution in [-0.4, -0.2) is 16.8 Å². The number of carbonyl (C=O) groups is 1. The predicted molar refractivity (Wildman–Crippen MR) is 87.7 cm³/mol. The zero-order chi connectivity index (χ0) is 16.1. The van der Waals surface area contributed by atoms with Crippen LogP contribution in [0.4, 0.5) is 4.79 Å². The minimum Gasteiger partial charge on any atom is -0.445 e. The van der Waals surface area contributed by atoms with E-state index in [1.54, 1.807) is 0 Å². The van der Waals surface area contributed by atoms with E-state index in [4.69, 9.17) is 4.74 Å². The van der Waals surface area contributed by atoms with E-state index in [2.05, 4.69) is 5.32 Å². The third kappa shape index (κ3) is 4.57. The van der Waals surface area contributed by atoms with Gasteiger partial charge >= 0.3 is 6.09 Å². The number of aliphatic hydroxyl groups is 1. The maximum atomic E-state index is 12.1. The van der Waals surface area contributed by atoms with Gasteiger partial charge in [0, 0.05) is 6.42 Å². The van der Waals surface area contributed by atoms with Crippen molar-refractivity contribution in [2.75, 3.05) is 0 Å². The van der Waals surface area contributed by atoms with E-state index >= 15 is 0 Å². The van der Waals surface area contributed by atoms with Gasteiger partial charge in [-0.25, -0.2) is 4.79 Å². The highest BCUT2D eigenvalue weighted by atomic mass is 16.5. The molecule has 0 aliphatic heterocycles. The van der Waals surface area contributed by atoms with Crippen LogP contribution in [0.15, 0.2) is 60.7 Å². The number of ether oxygens (including phenoxy) is 1. The van der Waals surface area contributed by atoms with Crippen molar-refractivity contribution in [2.45, 2.75) is 37.5 Å². The van der Waals surface area contributed by atoms with Crippen LogP contribution in [-0.2, 0) is 11.3 Å². The van der Waals surface area contributed by atoms with Crippen LogP contribution in [0, 0.1) is 0 Å². The molecule has 0 radical (unpaired) electrons. The molecule has 1 saturated carbocycles. The molecule has 0 aromatic heterocycles. The highest BCUT2D eigenvalue weighted by Gasteiger charge is 2.42. The van der Waals surface area contributed by atoms with Crippen LogP contribution in [0.1, 0.15) is 36.4 Å². The van der Waals surface area contributed by atoms with E-state index in [1.165, 1.54) is 0 Å². The number of carbonyl (C=O) groups excluding carboxylic acids is 1. The molecule has 4 nitrogen and oxygen atoms in total. The summed E-state index contributed by atoms with van der Waals surface area (Å²) in [6, 6.07) is 19.0. The molecule has 120 valence electrons. The summed E-state index contributed by atoms with van der Waals surface area (Å²) in [6.45, 7) is 0.235. The van der Waals surface area contributed by atoms with Crippen LogP contribution in [0.3, 0.4) is 0 Å². The van der Waals surface area contributed by atoms with Crippen molar-refractivity contribution in [1.82, 2.24) is 5.32 Å².